The van der Waals surface area contributed by atoms with Crippen molar-refractivity contribution in [3.63, 3.8) is 0 Å². The van der Waals surface area contributed by atoms with Crippen LogP contribution in [-0.4, -0.2) is 43.5 Å². The van der Waals surface area contributed by atoms with E-state index in [9.17, 15) is 9.90 Å². The summed E-state index contributed by atoms with van der Waals surface area (Å²) in [5.41, 5.74) is 1.94. The molecule has 2 aliphatic rings. The number of benzene rings is 2. The van der Waals surface area contributed by atoms with Crippen LogP contribution in [0.4, 0.5) is 0 Å². The van der Waals surface area contributed by atoms with Gasteiger partial charge < -0.3 is 19.3 Å². The van der Waals surface area contributed by atoms with E-state index in [1.807, 2.05) is 49.5 Å². The minimum Gasteiger partial charge on any atom is -0.497 e. The number of methoxy groups -OCH3 is 1. The van der Waals surface area contributed by atoms with Gasteiger partial charge in [0.05, 0.1) is 13.0 Å². The Balaban J connectivity index is 1.69. The van der Waals surface area contributed by atoms with Crippen molar-refractivity contribution in [2.45, 2.75) is 12.0 Å². The van der Waals surface area contributed by atoms with Crippen molar-refractivity contribution in [3.05, 3.63) is 53.6 Å². The number of hydrogen-bond donors (Lipinski definition) is 1. The molecular weight excluding hydrogens is 334 g/mol. The number of likely N-dealkylation sites (tertiary alicyclic amines) is 1. The highest BCUT2D eigenvalue weighted by Crippen LogP contribution is 2.47. The Hall–Kier alpha value is -2.73. The molecule has 2 aliphatic heterocycles. The number of ether oxygens (including phenoxy) is 3. The van der Waals surface area contributed by atoms with Gasteiger partial charge in [-0.05, 0) is 42.4 Å². The van der Waals surface area contributed by atoms with Crippen molar-refractivity contribution in [2.75, 3.05) is 27.5 Å². The second-order valence-corrected chi connectivity index (χ2v) is 6.74. The molecule has 0 bridgehead atoms. The van der Waals surface area contributed by atoms with Gasteiger partial charge >= 0.3 is 5.97 Å². The third-order valence-electron chi connectivity index (χ3n) is 5.30. The molecule has 4 rings (SSSR count). The highest BCUT2D eigenvalue weighted by Gasteiger charge is 2.46. The second kappa shape index (κ2) is 6.53. The number of carboxylic acid groups (broad SMARTS) is 1. The molecule has 0 saturated carbocycles. The first-order valence-corrected chi connectivity index (χ1v) is 8.55. The third kappa shape index (κ3) is 2.76. The van der Waals surface area contributed by atoms with E-state index >= 15 is 0 Å². The average Bonchev–Trinajstić information content (AvgIpc) is 3.25. The zero-order chi connectivity index (χ0) is 18.3. The molecule has 1 saturated heterocycles. The zero-order valence-electron chi connectivity index (χ0n) is 14.7. The van der Waals surface area contributed by atoms with Gasteiger partial charge in [0, 0.05) is 18.5 Å². The summed E-state index contributed by atoms with van der Waals surface area (Å²) < 4.78 is 16.0. The number of carboxylic acids is 1. The molecule has 3 atom stereocenters. The molecule has 0 spiro atoms. The van der Waals surface area contributed by atoms with Crippen LogP contribution >= 0.6 is 0 Å². The molecule has 1 fully saturated rings. The van der Waals surface area contributed by atoms with E-state index in [-0.39, 0.29) is 18.8 Å². The largest absolute Gasteiger partial charge is 0.497 e. The number of aliphatic carboxylic acids is 1. The fourth-order valence-corrected chi connectivity index (χ4v) is 4.06. The molecule has 0 radical (unpaired) electrons. The summed E-state index contributed by atoms with van der Waals surface area (Å²) in [6.45, 7) is 0.869. The molecule has 26 heavy (non-hydrogen) atoms. The van der Waals surface area contributed by atoms with Crippen molar-refractivity contribution in [1.29, 1.82) is 0 Å². The van der Waals surface area contributed by atoms with E-state index < -0.39 is 11.9 Å². The van der Waals surface area contributed by atoms with E-state index in [0.29, 0.717) is 18.0 Å². The van der Waals surface area contributed by atoms with Crippen molar-refractivity contribution < 1.29 is 24.1 Å². The summed E-state index contributed by atoms with van der Waals surface area (Å²) in [5, 5.41) is 9.98. The third-order valence-corrected chi connectivity index (χ3v) is 5.30. The number of rotatable bonds is 4. The minimum atomic E-state index is -0.794. The topological polar surface area (TPSA) is 68.2 Å². The smallest absolute Gasteiger partial charge is 0.309 e. The van der Waals surface area contributed by atoms with Gasteiger partial charge in [0.25, 0.3) is 0 Å². The van der Waals surface area contributed by atoms with Crippen LogP contribution in [0.25, 0.3) is 0 Å². The van der Waals surface area contributed by atoms with Gasteiger partial charge in [0.1, 0.15) is 5.75 Å². The van der Waals surface area contributed by atoms with Gasteiger partial charge in [0.15, 0.2) is 11.5 Å². The SMILES string of the molecule is COc1ccc(C2[C@H](C(=O)O)[C@@H](c3ccc4c(c3)OCO4)CN2C)cc1. The summed E-state index contributed by atoms with van der Waals surface area (Å²) in [7, 11) is 3.59. The van der Waals surface area contributed by atoms with Crippen molar-refractivity contribution in [3.8, 4) is 17.2 Å². The van der Waals surface area contributed by atoms with Crippen molar-refractivity contribution in [2.24, 2.45) is 5.92 Å². The summed E-state index contributed by atoms with van der Waals surface area (Å²) >= 11 is 0. The van der Waals surface area contributed by atoms with Crippen LogP contribution in [0.3, 0.4) is 0 Å². The van der Waals surface area contributed by atoms with Crippen LogP contribution < -0.4 is 14.2 Å². The number of hydrogen-bond acceptors (Lipinski definition) is 5. The Morgan fingerprint density at radius 2 is 1.81 bits per heavy atom. The van der Waals surface area contributed by atoms with Crippen LogP contribution in [0.15, 0.2) is 42.5 Å². The van der Waals surface area contributed by atoms with Crippen LogP contribution in [0, 0.1) is 5.92 Å². The molecule has 136 valence electrons. The van der Waals surface area contributed by atoms with Crippen LogP contribution in [0.5, 0.6) is 17.2 Å². The molecule has 6 nitrogen and oxygen atoms in total. The Morgan fingerprint density at radius 1 is 1.12 bits per heavy atom. The van der Waals surface area contributed by atoms with E-state index in [2.05, 4.69) is 4.90 Å². The lowest BCUT2D eigenvalue weighted by Gasteiger charge is -2.24. The van der Waals surface area contributed by atoms with Gasteiger partial charge in [-0.25, -0.2) is 0 Å². The molecular formula is C20H21NO5. The number of likely N-dealkylation sites (N-methyl/N-ethyl adjacent to an activating group) is 1. The van der Waals surface area contributed by atoms with Gasteiger partial charge in [-0.2, -0.15) is 0 Å². The van der Waals surface area contributed by atoms with Gasteiger partial charge in [-0.15, -0.1) is 0 Å². The molecule has 2 aromatic rings. The molecule has 2 heterocycles. The molecule has 1 unspecified atom stereocenters. The Morgan fingerprint density at radius 3 is 2.50 bits per heavy atom. The summed E-state index contributed by atoms with van der Waals surface area (Å²) in [6.07, 6.45) is 0. The molecule has 0 aromatic heterocycles. The van der Waals surface area contributed by atoms with E-state index in [0.717, 1.165) is 16.9 Å². The lowest BCUT2D eigenvalue weighted by atomic mass is 9.83. The van der Waals surface area contributed by atoms with E-state index in [4.69, 9.17) is 14.2 Å². The number of fused-ring (bicyclic) bond motifs is 1. The maximum Gasteiger partial charge on any atom is 0.309 e. The van der Waals surface area contributed by atoms with Crippen LogP contribution in [0.1, 0.15) is 23.1 Å². The normalized spacial score (nSPS) is 24.6. The van der Waals surface area contributed by atoms with Crippen molar-refractivity contribution in [1.82, 2.24) is 4.90 Å². The van der Waals surface area contributed by atoms with E-state index in [1.54, 1.807) is 7.11 Å². The quantitative estimate of drug-likeness (QED) is 0.910. The predicted molar refractivity (Wildman–Crippen MR) is 94.8 cm³/mol. The Labute approximate surface area is 151 Å². The second-order valence-electron chi connectivity index (χ2n) is 6.74. The number of nitrogens with zero attached hydrogens (tertiary/aromatic N) is 1. The maximum atomic E-state index is 12.2. The lowest BCUT2D eigenvalue weighted by molar-refractivity contribution is -0.143. The maximum absolute atomic E-state index is 12.2. The molecule has 0 aliphatic carbocycles. The van der Waals surface area contributed by atoms with Gasteiger partial charge in [-0.1, -0.05) is 18.2 Å². The summed E-state index contributed by atoms with van der Waals surface area (Å²) in [6, 6.07) is 13.1. The zero-order valence-corrected chi connectivity index (χ0v) is 14.7. The highest BCUT2D eigenvalue weighted by atomic mass is 16.7. The van der Waals surface area contributed by atoms with Gasteiger partial charge in [-0.3, -0.25) is 9.69 Å². The average molecular weight is 355 g/mol. The Kier molecular flexibility index (Phi) is 4.20. The lowest BCUT2D eigenvalue weighted by Crippen LogP contribution is -2.26. The molecule has 6 heteroatoms. The standard InChI is InChI=1S/C20H21NO5/c1-21-10-15(13-5-8-16-17(9-13)26-11-25-16)18(20(22)23)19(21)12-3-6-14(24-2)7-4-12/h3-9,15,18-19H,10-11H2,1-2H3,(H,22,23)/t15-,18-,19?/m1/s1. The summed E-state index contributed by atoms with van der Waals surface area (Å²) in [5.74, 6) is 0.681. The first-order chi connectivity index (χ1) is 12.6. The Bertz CT molecular complexity index is 819. The first kappa shape index (κ1) is 16.7. The molecule has 1 N–H and O–H groups in total. The van der Waals surface area contributed by atoms with Crippen molar-refractivity contribution >= 4 is 5.97 Å². The molecule has 0 amide bonds. The van der Waals surface area contributed by atoms with Gasteiger partial charge in [0.2, 0.25) is 6.79 Å². The minimum absolute atomic E-state index is 0.126. The van der Waals surface area contributed by atoms with Crippen LogP contribution in [0.2, 0.25) is 0 Å². The van der Waals surface area contributed by atoms with Crippen LogP contribution in [-0.2, 0) is 4.79 Å². The molecule has 2 aromatic carbocycles. The van der Waals surface area contributed by atoms with E-state index in [1.165, 1.54) is 0 Å². The monoisotopic (exact) mass is 355 g/mol. The first-order valence-electron chi connectivity index (χ1n) is 8.55. The summed E-state index contributed by atoms with van der Waals surface area (Å²) in [4.78, 5) is 14.3. The predicted octanol–water partition coefficient (Wildman–Crippen LogP) is 2.90. The highest BCUT2D eigenvalue weighted by molar-refractivity contribution is 5.74. The fraction of sp³-hybridized carbons (Fsp3) is 0.350. The number of carbonyl (C=O) groups is 1. The fourth-order valence-electron chi connectivity index (χ4n) is 4.06.